The number of halogens is 2. The summed E-state index contributed by atoms with van der Waals surface area (Å²) < 4.78 is 31.8. The van der Waals surface area contributed by atoms with E-state index >= 15 is 0 Å². The van der Waals surface area contributed by atoms with E-state index in [4.69, 9.17) is 0 Å². The average molecular weight is 270 g/mol. The molecule has 4 nitrogen and oxygen atoms in total. The number of piperidine rings is 1. The first-order valence-electron chi connectivity index (χ1n) is 6.16. The molecule has 1 aromatic carbocycles. The van der Waals surface area contributed by atoms with E-state index in [0.717, 1.165) is 31.5 Å². The predicted octanol–water partition coefficient (Wildman–Crippen LogP) is 1.91. The fraction of sp³-hybridized carbons (Fsp3) is 0.462. The Hall–Kier alpha value is -1.69. The van der Waals surface area contributed by atoms with Gasteiger partial charge in [-0.25, -0.2) is 8.78 Å². The Morgan fingerprint density at radius 3 is 2.84 bits per heavy atom. The molecule has 2 rings (SSSR count). The van der Waals surface area contributed by atoms with E-state index in [-0.39, 0.29) is 23.3 Å². The monoisotopic (exact) mass is 270 g/mol. The standard InChI is InChI=1S/C13H16F2N2O2/c1-19-12-6-9(14)11(5-10(12)15)17-13(18)8-3-2-4-16-7-8/h5-6,8,16H,2-4,7H2,1H3,(H,17,18). The molecule has 0 aliphatic carbocycles. The maximum Gasteiger partial charge on any atom is 0.228 e. The van der Waals surface area contributed by atoms with Crippen LogP contribution in [0.2, 0.25) is 0 Å². The van der Waals surface area contributed by atoms with Crippen molar-refractivity contribution >= 4 is 11.6 Å². The molecule has 1 fully saturated rings. The van der Waals surface area contributed by atoms with Crippen molar-refractivity contribution in [3.63, 3.8) is 0 Å². The highest BCUT2D eigenvalue weighted by Gasteiger charge is 2.22. The zero-order chi connectivity index (χ0) is 13.8. The number of amides is 1. The van der Waals surface area contributed by atoms with Gasteiger partial charge in [0.15, 0.2) is 17.4 Å². The Kier molecular flexibility index (Phi) is 4.31. The van der Waals surface area contributed by atoms with E-state index in [1.165, 1.54) is 7.11 Å². The number of carbonyl (C=O) groups is 1. The van der Waals surface area contributed by atoms with Gasteiger partial charge in [-0.2, -0.15) is 0 Å². The highest BCUT2D eigenvalue weighted by atomic mass is 19.1. The summed E-state index contributed by atoms with van der Waals surface area (Å²) in [5.41, 5.74) is -0.158. The van der Waals surface area contributed by atoms with Crippen LogP contribution in [-0.2, 0) is 4.79 Å². The van der Waals surface area contributed by atoms with Gasteiger partial charge in [-0.1, -0.05) is 0 Å². The second-order valence-electron chi connectivity index (χ2n) is 4.50. The SMILES string of the molecule is COc1cc(F)c(NC(=O)C2CCCNC2)cc1F. The molecular formula is C13H16F2N2O2. The Bertz CT molecular complexity index is 474. The van der Waals surface area contributed by atoms with Gasteiger partial charge in [-0.05, 0) is 19.4 Å². The number of methoxy groups -OCH3 is 1. The normalized spacial score (nSPS) is 19.0. The lowest BCUT2D eigenvalue weighted by molar-refractivity contribution is -0.120. The Morgan fingerprint density at radius 1 is 1.42 bits per heavy atom. The van der Waals surface area contributed by atoms with E-state index in [2.05, 4.69) is 15.4 Å². The van der Waals surface area contributed by atoms with Gasteiger partial charge in [0, 0.05) is 18.7 Å². The summed E-state index contributed by atoms with van der Waals surface area (Å²) in [6, 6.07) is 1.85. The highest BCUT2D eigenvalue weighted by molar-refractivity contribution is 5.93. The topological polar surface area (TPSA) is 50.4 Å². The lowest BCUT2D eigenvalue weighted by Gasteiger charge is -2.22. The molecule has 0 bridgehead atoms. The van der Waals surface area contributed by atoms with Gasteiger partial charge in [0.2, 0.25) is 5.91 Å². The van der Waals surface area contributed by atoms with Gasteiger partial charge in [0.1, 0.15) is 0 Å². The van der Waals surface area contributed by atoms with Crippen molar-refractivity contribution in [2.75, 3.05) is 25.5 Å². The number of anilines is 1. The first-order chi connectivity index (χ1) is 9.11. The van der Waals surface area contributed by atoms with Crippen LogP contribution in [0.4, 0.5) is 14.5 Å². The first-order valence-corrected chi connectivity index (χ1v) is 6.16. The van der Waals surface area contributed by atoms with E-state index in [0.29, 0.717) is 6.54 Å². The predicted molar refractivity (Wildman–Crippen MR) is 67.1 cm³/mol. The third-order valence-electron chi connectivity index (χ3n) is 3.17. The Balaban J connectivity index is 2.10. The van der Waals surface area contributed by atoms with Gasteiger partial charge in [-0.3, -0.25) is 4.79 Å². The van der Waals surface area contributed by atoms with Gasteiger partial charge in [-0.15, -0.1) is 0 Å². The van der Waals surface area contributed by atoms with Crippen LogP contribution in [0.5, 0.6) is 5.75 Å². The fourth-order valence-electron chi connectivity index (χ4n) is 2.09. The number of nitrogens with one attached hydrogen (secondary N) is 2. The number of hydrogen-bond donors (Lipinski definition) is 2. The van der Waals surface area contributed by atoms with E-state index in [1.54, 1.807) is 0 Å². The molecule has 1 aliphatic heterocycles. The third kappa shape index (κ3) is 3.20. The van der Waals surface area contributed by atoms with Crippen LogP contribution >= 0.6 is 0 Å². The van der Waals surface area contributed by atoms with Gasteiger partial charge in [0.25, 0.3) is 0 Å². The lowest BCUT2D eigenvalue weighted by atomic mass is 9.99. The van der Waals surface area contributed by atoms with E-state index in [1.807, 2.05) is 0 Å². The van der Waals surface area contributed by atoms with Crippen LogP contribution in [0.25, 0.3) is 0 Å². The van der Waals surface area contributed by atoms with Crippen molar-refractivity contribution in [3.8, 4) is 5.75 Å². The van der Waals surface area contributed by atoms with Crippen molar-refractivity contribution in [2.45, 2.75) is 12.8 Å². The molecule has 1 aliphatic rings. The second-order valence-corrected chi connectivity index (χ2v) is 4.50. The molecule has 1 saturated heterocycles. The van der Waals surface area contributed by atoms with Crippen LogP contribution in [-0.4, -0.2) is 26.1 Å². The van der Waals surface area contributed by atoms with Crippen LogP contribution in [0.3, 0.4) is 0 Å². The fourth-order valence-corrected chi connectivity index (χ4v) is 2.09. The smallest absolute Gasteiger partial charge is 0.228 e. The highest BCUT2D eigenvalue weighted by Crippen LogP contribution is 2.25. The summed E-state index contributed by atoms with van der Waals surface area (Å²) in [5, 5.41) is 5.52. The zero-order valence-electron chi connectivity index (χ0n) is 10.6. The second kappa shape index (κ2) is 5.97. The molecule has 0 radical (unpaired) electrons. The summed E-state index contributed by atoms with van der Waals surface area (Å²) in [7, 11) is 1.25. The molecule has 1 heterocycles. The van der Waals surface area contributed by atoms with Crippen molar-refractivity contribution in [2.24, 2.45) is 5.92 Å². The van der Waals surface area contributed by atoms with Crippen molar-refractivity contribution in [1.29, 1.82) is 0 Å². The van der Waals surface area contributed by atoms with Crippen LogP contribution in [0, 0.1) is 17.6 Å². The largest absolute Gasteiger partial charge is 0.494 e. The molecule has 2 N–H and O–H groups in total. The number of rotatable bonds is 3. The molecule has 6 heteroatoms. The Morgan fingerprint density at radius 2 is 2.21 bits per heavy atom. The van der Waals surface area contributed by atoms with Crippen LogP contribution < -0.4 is 15.4 Å². The average Bonchev–Trinajstić information content (AvgIpc) is 2.43. The molecular weight excluding hydrogens is 254 g/mol. The maximum atomic E-state index is 13.7. The number of benzene rings is 1. The lowest BCUT2D eigenvalue weighted by Crippen LogP contribution is -2.37. The molecule has 0 aromatic heterocycles. The molecule has 19 heavy (non-hydrogen) atoms. The molecule has 104 valence electrons. The summed E-state index contributed by atoms with van der Waals surface area (Å²) in [5.74, 6) is -2.11. The zero-order valence-corrected chi connectivity index (χ0v) is 10.6. The van der Waals surface area contributed by atoms with Crippen molar-refractivity contribution in [1.82, 2.24) is 5.32 Å². The summed E-state index contributed by atoms with van der Waals surface area (Å²) in [6.07, 6.45) is 1.65. The maximum absolute atomic E-state index is 13.7. The molecule has 1 amide bonds. The summed E-state index contributed by atoms with van der Waals surface area (Å²) >= 11 is 0. The summed E-state index contributed by atoms with van der Waals surface area (Å²) in [6.45, 7) is 1.45. The summed E-state index contributed by atoms with van der Waals surface area (Å²) in [4.78, 5) is 11.9. The number of ether oxygens (including phenoxy) is 1. The van der Waals surface area contributed by atoms with Crippen LogP contribution in [0.15, 0.2) is 12.1 Å². The van der Waals surface area contributed by atoms with E-state index < -0.39 is 11.6 Å². The molecule has 0 saturated carbocycles. The number of carbonyl (C=O) groups excluding carboxylic acids is 1. The van der Waals surface area contributed by atoms with Gasteiger partial charge in [0.05, 0.1) is 18.7 Å². The molecule has 0 spiro atoms. The minimum Gasteiger partial charge on any atom is -0.494 e. The third-order valence-corrected chi connectivity index (χ3v) is 3.17. The van der Waals surface area contributed by atoms with Crippen LogP contribution in [0.1, 0.15) is 12.8 Å². The number of hydrogen-bond acceptors (Lipinski definition) is 3. The van der Waals surface area contributed by atoms with E-state index in [9.17, 15) is 13.6 Å². The van der Waals surface area contributed by atoms with Gasteiger partial charge >= 0.3 is 0 Å². The van der Waals surface area contributed by atoms with Crippen molar-refractivity contribution in [3.05, 3.63) is 23.8 Å². The minimum absolute atomic E-state index is 0.158. The molecule has 1 aromatic rings. The first kappa shape index (κ1) is 13.7. The molecule has 1 unspecified atom stereocenters. The van der Waals surface area contributed by atoms with Crippen molar-refractivity contribution < 1.29 is 18.3 Å². The quantitative estimate of drug-likeness (QED) is 0.882. The Labute approximate surface area is 110 Å². The minimum atomic E-state index is -0.713. The van der Waals surface area contributed by atoms with Gasteiger partial charge < -0.3 is 15.4 Å². The molecule has 1 atom stereocenters.